The van der Waals surface area contributed by atoms with Crippen LogP contribution in [-0.4, -0.2) is 13.0 Å². The van der Waals surface area contributed by atoms with Crippen LogP contribution in [0.15, 0.2) is 0 Å². The lowest BCUT2D eigenvalue weighted by Crippen LogP contribution is -2.11. The van der Waals surface area contributed by atoms with Crippen LogP contribution in [0.25, 0.3) is 0 Å². The Hall–Kier alpha value is -0.530. The summed E-state index contributed by atoms with van der Waals surface area (Å²) in [5.41, 5.74) is 0. The maximum Gasteiger partial charge on any atom is 0.309 e. The molecule has 2 nitrogen and oxygen atoms in total. The second-order valence-corrected chi connectivity index (χ2v) is 6.69. The summed E-state index contributed by atoms with van der Waals surface area (Å²) in [6.07, 6.45) is 25.4. The topological polar surface area (TPSA) is 29.1 Å². The molecule has 0 spiro atoms. The molecule has 22 heavy (non-hydrogen) atoms. The van der Waals surface area contributed by atoms with Crippen LogP contribution in [0.2, 0.25) is 0 Å². The van der Waals surface area contributed by atoms with Gasteiger partial charge in [-0.3, -0.25) is 4.79 Å². The Kier molecular flexibility index (Phi) is 20.0. The van der Waals surface area contributed by atoms with Crippen LogP contribution >= 0.6 is 0 Å². The highest BCUT2D eigenvalue weighted by molar-refractivity contribution is 5.46. The van der Waals surface area contributed by atoms with Crippen LogP contribution < -0.4 is 5.32 Å². The van der Waals surface area contributed by atoms with Crippen molar-refractivity contribution in [3.63, 3.8) is 0 Å². The van der Waals surface area contributed by atoms with Crippen molar-refractivity contribution in [3.8, 4) is 0 Å². The van der Waals surface area contributed by atoms with E-state index in [1.807, 2.05) is 0 Å². The van der Waals surface area contributed by atoms with Gasteiger partial charge < -0.3 is 5.32 Å². The quantitative estimate of drug-likeness (QED) is 0.220. The summed E-state index contributed by atoms with van der Waals surface area (Å²) in [6.45, 7) is 3.08. The molecule has 0 heterocycles. The van der Waals surface area contributed by atoms with E-state index >= 15 is 0 Å². The van der Waals surface area contributed by atoms with E-state index in [0.29, 0.717) is 0 Å². The highest BCUT2D eigenvalue weighted by Gasteiger charge is 1.94. The Morgan fingerprint density at radius 2 is 0.864 bits per heavy atom. The van der Waals surface area contributed by atoms with Gasteiger partial charge in [-0.15, -0.1) is 0 Å². The van der Waals surface area contributed by atoms with Crippen LogP contribution in [0.1, 0.15) is 116 Å². The fourth-order valence-corrected chi connectivity index (χ4v) is 2.99. The third-order valence-corrected chi connectivity index (χ3v) is 4.48. The first-order valence-electron chi connectivity index (χ1n) is 10.0. The molecule has 1 N–H and O–H groups in total. The molecule has 0 saturated carbocycles. The second-order valence-electron chi connectivity index (χ2n) is 6.69. The maximum absolute atomic E-state index is 9.94. The Labute approximate surface area is 139 Å². The van der Waals surface area contributed by atoms with Crippen molar-refractivity contribution in [1.82, 2.24) is 5.32 Å². The van der Waals surface area contributed by atoms with E-state index in [1.54, 1.807) is 6.41 Å². The number of hydrogen-bond acceptors (Lipinski definition) is 1. The number of rotatable bonds is 19. The summed E-state index contributed by atoms with van der Waals surface area (Å²) in [7, 11) is 0. The van der Waals surface area contributed by atoms with Gasteiger partial charge in [-0.25, -0.2) is 0 Å². The lowest BCUT2D eigenvalue weighted by atomic mass is 10.0. The summed E-state index contributed by atoms with van der Waals surface area (Å²) in [5.74, 6) is 0. The third kappa shape index (κ3) is 19.5. The first-order chi connectivity index (χ1) is 10.9. The summed E-state index contributed by atoms with van der Waals surface area (Å²) < 4.78 is 0. The van der Waals surface area contributed by atoms with E-state index in [9.17, 15) is 4.79 Å². The van der Waals surface area contributed by atoms with Crippen molar-refractivity contribution in [2.45, 2.75) is 116 Å². The van der Waals surface area contributed by atoms with E-state index in [0.717, 1.165) is 13.0 Å². The minimum Gasteiger partial charge on any atom is -0.348 e. The number of hydrogen-bond donors (Lipinski definition) is 1. The van der Waals surface area contributed by atoms with Crippen LogP contribution in [0, 0.1) is 0 Å². The maximum atomic E-state index is 9.94. The normalized spacial score (nSPS) is 10.8. The monoisotopic (exact) mass is 310 g/mol. The van der Waals surface area contributed by atoms with Gasteiger partial charge >= 0.3 is 6.41 Å². The highest BCUT2D eigenvalue weighted by Crippen LogP contribution is 2.13. The average Bonchev–Trinajstić information content (AvgIpc) is 2.54. The molecule has 1 radical (unpaired) electrons. The van der Waals surface area contributed by atoms with Gasteiger partial charge in [0.1, 0.15) is 0 Å². The lowest BCUT2D eigenvalue weighted by molar-refractivity contribution is 0.522. The molecule has 2 heteroatoms. The van der Waals surface area contributed by atoms with E-state index in [2.05, 4.69) is 12.2 Å². The molecule has 0 bridgehead atoms. The predicted molar refractivity (Wildman–Crippen MR) is 97.9 cm³/mol. The summed E-state index contributed by atoms with van der Waals surface area (Å²) in [5, 5.41) is 2.59. The fraction of sp³-hybridized carbons (Fsp3) is 0.950. The molecular formula is C20H40NO. The highest BCUT2D eigenvalue weighted by atomic mass is 16.1. The minimum absolute atomic E-state index is 0.794. The summed E-state index contributed by atoms with van der Waals surface area (Å²) in [6, 6.07) is 0. The molecule has 0 atom stereocenters. The van der Waals surface area contributed by atoms with Gasteiger partial charge in [0.25, 0.3) is 0 Å². The molecule has 0 saturated heterocycles. The molecular weight excluding hydrogens is 270 g/mol. The van der Waals surface area contributed by atoms with Crippen molar-refractivity contribution >= 4 is 6.41 Å². The van der Waals surface area contributed by atoms with Gasteiger partial charge in [0.15, 0.2) is 0 Å². The van der Waals surface area contributed by atoms with Crippen molar-refractivity contribution in [2.24, 2.45) is 0 Å². The number of nitrogens with one attached hydrogen (secondary N) is 1. The van der Waals surface area contributed by atoms with E-state index in [4.69, 9.17) is 0 Å². The molecule has 0 aromatic rings. The Morgan fingerprint density at radius 3 is 1.18 bits per heavy atom. The van der Waals surface area contributed by atoms with Crippen molar-refractivity contribution in [2.75, 3.05) is 6.54 Å². The largest absolute Gasteiger partial charge is 0.348 e. The predicted octanol–water partition coefficient (Wildman–Crippen LogP) is 6.29. The van der Waals surface area contributed by atoms with E-state index < -0.39 is 0 Å². The van der Waals surface area contributed by atoms with Gasteiger partial charge in [-0.2, -0.15) is 0 Å². The molecule has 0 rings (SSSR count). The smallest absolute Gasteiger partial charge is 0.309 e. The van der Waals surface area contributed by atoms with Gasteiger partial charge in [0, 0.05) is 6.54 Å². The molecule has 0 aliphatic heterocycles. The standard InChI is InChI=1S/C20H40NO/c1-2-3-4-5-6-7-8-9-10-11-12-13-14-15-16-17-18-19-21-20-22/h2-19H2,1H3,(H,21,22). The van der Waals surface area contributed by atoms with Gasteiger partial charge in [-0.1, -0.05) is 110 Å². The zero-order chi connectivity index (χ0) is 16.1. The molecule has 0 aromatic heterocycles. The molecule has 0 aliphatic carbocycles. The zero-order valence-corrected chi connectivity index (χ0v) is 15.1. The molecule has 0 unspecified atom stereocenters. The van der Waals surface area contributed by atoms with Crippen molar-refractivity contribution in [3.05, 3.63) is 0 Å². The lowest BCUT2D eigenvalue weighted by Gasteiger charge is -2.03. The number of amides is 1. The molecule has 0 fully saturated rings. The Bertz CT molecular complexity index is 206. The van der Waals surface area contributed by atoms with Gasteiger partial charge in [-0.05, 0) is 6.42 Å². The average molecular weight is 311 g/mol. The van der Waals surface area contributed by atoms with E-state index in [1.165, 1.54) is 103 Å². The first kappa shape index (κ1) is 21.5. The SMILES string of the molecule is CCCCCCCCCCCCCCCCCCCN[C]=O. The number of carbonyl (C=O) groups excluding carboxylic acids is 1. The fourth-order valence-electron chi connectivity index (χ4n) is 2.99. The molecule has 131 valence electrons. The Balaban J connectivity index is 2.92. The van der Waals surface area contributed by atoms with Crippen molar-refractivity contribution in [1.29, 1.82) is 0 Å². The van der Waals surface area contributed by atoms with Gasteiger partial charge in [0.2, 0.25) is 0 Å². The van der Waals surface area contributed by atoms with Crippen LogP contribution in [-0.2, 0) is 4.79 Å². The van der Waals surface area contributed by atoms with Gasteiger partial charge in [0.05, 0.1) is 0 Å². The van der Waals surface area contributed by atoms with Crippen LogP contribution in [0.5, 0.6) is 0 Å². The Morgan fingerprint density at radius 1 is 0.545 bits per heavy atom. The van der Waals surface area contributed by atoms with Crippen LogP contribution in [0.3, 0.4) is 0 Å². The summed E-state index contributed by atoms with van der Waals surface area (Å²) in [4.78, 5) is 9.94. The van der Waals surface area contributed by atoms with Crippen molar-refractivity contribution < 1.29 is 4.79 Å². The van der Waals surface area contributed by atoms with Crippen LogP contribution in [0.4, 0.5) is 0 Å². The summed E-state index contributed by atoms with van der Waals surface area (Å²) >= 11 is 0. The molecule has 0 aromatic carbocycles. The van der Waals surface area contributed by atoms with E-state index in [-0.39, 0.29) is 0 Å². The third-order valence-electron chi connectivity index (χ3n) is 4.48. The number of unbranched alkanes of at least 4 members (excludes halogenated alkanes) is 16. The molecule has 0 aliphatic rings. The first-order valence-corrected chi connectivity index (χ1v) is 10.0. The minimum atomic E-state index is 0.794. The zero-order valence-electron chi connectivity index (χ0n) is 15.1. The molecule has 1 amide bonds. The second kappa shape index (κ2) is 20.5.